The number of carbonyl (C=O) groups excluding carboxylic acids is 1. The first-order chi connectivity index (χ1) is 8.58. The van der Waals surface area contributed by atoms with Gasteiger partial charge in [0.05, 0.1) is 5.69 Å². The highest BCUT2D eigenvalue weighted by Crippen LogP contribution is 2.18. The Morgan fingerprint density at radius 2 is 1.94 bits per heavy atom. The van der Waals surface area contributed by atoms with E-state index in [1.807, 2.05) is 6.92 Å². The van der Waals surface area contributed by atoms with E-state index in [-0.39, 0.29) is 11.6 Å². The molecule has 0 atom stereocenters. The summed E-state index contributed by atoms with van der Waals surface area (Å²) in [4.78, 5) is 11.9. The maximum atomic E-state index is 13.4. The van der Waals surface area contributed by atoms with Crippen LogP contribution >= 0.6 is 11.6 Å². The number of hydrogen-bond donors (Lipinski definition) is 1. The molecular weight excluding hydrogens is 253 g/mol. The molecule has 0 heterocycles. The molecule has 0 fully saturated rings. The number of benzene rings is 2. The molecule has 0 unspecified atom stereocenters. The second-order valence-electron chi connectivity index (χ2n) is 3.90. The molecule has 2 rings (SSSR count). The van der Waals surface area contributed by atoms with Crippen molar-refractivity contribution in [1.82, 2.24) is 0 Å². The molecule has 1 N–H and O–H groups in total. The second-order valence-corrected chi connectivity index (χ2v) is 4.31. The number of hydrogen-bond acceptors (Lipinski definition) is 1. The van der Waals surface area contributed by atoms with Crippen molar-refractivity contribution in [1.29, 1.82) is 0 Å². The van der Waals surface area contributed by atoms with E-state index in [9.17, 15) is 9.18 Å². The molecule has 0 aliphatic heterocycles. The Morgan fingerprint density at radius 3 is 2.61 bits per heavy atom. The van der Waals surface area contributed by atoms with Crippen LogP contribution < -0.4 is 5.32 Å². The standard InChI is InChI=1S/C14H11ClFNO/c1-9-6-7-10(8-11(9)15)14(18)17-13-5-3-2-4-12(13)16/h2-8H,1H3,(H,17,18). The molecule has 0 bridgehead atoms. The summed E-state index contributed by atoms with van der Waals surface area (Å²) in [6, 6.07) is 11.0. The number of anilines is 1. The highest BCUT2D eigenvalue weighted by molar-refractivity contribution is 6.31. The van der Waals surface area contributed by atoms with Gasteiger partial charge in [0.25, 0.3) is 5.91 Å². The molecule has 1 amide bonds. The van der Waals surface area contributed by atoms with E-state index in [1.165, 1.54) is 12.1 Å². The van der Waals surface area contributed by atoms with Crippen LogP contribution in [0.15, 0.2) is 42.5 Å². The van der Waals surface area contributed by atoms with Gasteiger partial charge in [0.2, 0.25) is 0 Å². The van der Waals surface area contributed by atoms with E-state index in [2.05, 4.69) is 5.32 Å². The molecule has 0 spiro atoms. The predicted octanol–water partition coefficient (Wildman–Crippen LogP) is 4.04. The van der Waals surface area contributed by atoms with Crippen molar-refractivity contribution < 1.29 is 9.18 Å². The van der Waals surface area contributed by atoms with Gasteiger partial charge in [-0.05, 0) is 36.8 Å². The number of rotatable bonds is 2. The Morgan fingerprint density at radius 1 is 1.22 bits per heavy atom. The lowest BCUT2D eigenvalue weighted by atomic mass is 10.1. The lowest BCUT2D eigenvalue weighted by Gasteiger charge is -2.07. The Balaban J connectivity index is 2.22. The number of aryl methyl sites for hydroxylation is 1. The molecule has 0 aliphatic carbocycles. The molecule has 92 valence electrons. The van der Waals surface area contributed by atoms with Gasteiger partial charge < -0.3 is 5.32 Å². The topological polar surface area (TPSA) is 29.1 Å². The van der Waals surface area contributed by atoms with Crippen molar-refractivity contribution in [3.8, 4) is 0 Å². The summed E-state index contributed by atoms with van der Waals surface area (Å²) in [7, 11) is 0. The van der Waals surface area contributed by atoms with Gasteiger partial charge >= 0.3 is 0 Å². The SMILES string of the molecule is Cc1ccc(C(=O)Nc2ccccc2F)cc1Cl. The summed E-state index contributed by atoms with van der Waals surface area (Å²) >= 11 is 5.94. The molecule has 0 saturated carbocycles. The number of amides is 1. The molecule has 0 aromatic heterocycles. The Labute approximate surface area is 109 Å². The van der Waals surface area contributed by atoms with E-state index in [0.717, 1.165) is 5.56 Å². The first-order valence-corrected chi connectivity index (χ1v) is 5.78. The normalized spacial score (nSPS) is 10.2. The third-order valence-corrected chi connectivity index (χ3v) is 2.96. The minimum absolute atomic E-state index is 0.152. The molecule has 18 heavy (non-hydrogen) atoms. The Kier molecular flexibility index (Phi) is 3.63. The van der Waals surface area contributed by atoms with Crippen molar-refractivity contribution in [2.45, 2.75) is 6.92 Å². The largest absolute Gasteiger partial charge is 0.319 e. The Bertz CT molecular complexity index is 598. The molecule has 2 nitrogen and oxygen atoms in total. The zero-order valence-corrected chi connectivity index (χ0v) is 10.5. The molecule has 4 heteroatoms. The zero-order valence-electron chi connectivity index (χ0n) is 9.71. The third kappa shape index (κ3) is 2.68. The van der Waals surface area contributed by atoms with Gasteiger partial charge in [-0.25, -0.2) is 4.39 Å². The van der Waals surface area contributed by atoms with E-state index in [0.29, 0.717) is 10.6 Å². The van der Waals surface area contributed by atoms with E-state index in [4.69, 9.17) is 11.6 Å². The average molecular weight is 264 g/mol. The maximum absolute atomic E-state index is 13.4. The first-order valence-electron chi connectivity index (χ1n) is 5.40. The third-order valence-electron chi connectivity index (χ3n) is 2.56. The van der Waals surface area contributed by atoms with Gasteiger partial charge in [-0.2, -0.15) is 0 Å². The zero-order chi connectivity index (χ0) is 13.1. The second kappa shape index (κ2) is 5.19. The number of para-hydroxylation sites is 1. The summed E-state index contributed by atoms with van der Waals surface area (Å²) in [6.07, 6.45) is 0. The fourth-order valence-electron chi connectivity index (χ4n) is 1.49. The van der Waals surface area contributed by atoms with Crippen LogP contribution in [0.1, 0.15) is 15.9 Å². The molecular formula is C14H11ClFNO. The lowest BCUT2D eigenvalue weighted by Crippen LogP contribution is -2.12. The van der Waals surface area contributed by atoms with Crippen molar-refractivity contribution in [3.05, 3.63) is 64.4 Å². The smallest absolute Gasteiger partial charge is 0.255 e. The van der Waals surface area contributed by atoms with Gasteiger partial charge in [-0.15, -0.1) is 0 Å². The van der Waals surface area contributed by atoms with Crippen LogP contribution in [-0.2, 0) is 0 Å². The van der Waals surface area contributed by atoms with Crippen LogP contribution in [0.2, 0.25) is 5.02 Å². The summed E-state index contributed by atoms with van der Waals surface area (Å²) in [6.45, 7) is 1.85. The Hall–Kier alpha value is -1.87. The van der Waals surface area contributed by atoms with E-state index in [1.54, 1.807) is 30.3 Å². The minimum Gasteiger partial charge on any atom is -0.319 e. The lowest BCUT2D eigenvalue weighted by molar-refractivity contribution is 0.102. The van der Waals surface area contributed by atoms with Gasteiger partial charge in [0, 0.05) is 10.6 Å². The van der Waals surface area contributed by atoms with Crippen LogP contribution in [-0.4, -0.2) is 5.91 Å². The van der Waals surface area contributed by atoms with Crippen molar-refractivity contribution in [3.63, 3.8) is 0 Å². The predicted molar refractivity (Wildman–Crippen MR) is 70.5 cm³/mol. The molecule has 2 aromatic carbocycles. The van der Waals surface area contributed by atoms with Crippen molar-refractivity contribution in [2.24, 2.45) is 0 Å². The fraction of sp³-hybridized carbons (Fsp3) is 0.0714. The van der Waals surface area contributed by atoms with Crippen LogP contribution in [0.5, 0.6) is 0 Å². The van der Waals surface area contributed by atoms with Gasteiger partial charge in [0.15, 0.2) is 0 Å². The van der Waals surface area contributed by atoms with Crippen molar-refractivity contribution in [2.75, 3.05) is 5.32 Å². The first kappa shape index (κ1) is 12.6. The summed E-state index contributed by atoms with van der Waals surface area (Å²) < 4.78 is 13.4. The van der Waals surface area contributed by atoms with Gasteiger partial charge in [-0.1, -0.05) is 29.8 Å². The number of halogens is 2. The summed E-state index contributed by atoms with van der Waals surface area (Å²) in [5, 5.41) is 3.01. The average Bonchev–Trinajstić information content (AvgIpc) is 2.35. The highest BCUT2D eigenvalue weighted by atomic mass is 35.5. The van der Waals surface area contributed by atoms with E-state index < -0.39 is 5.82 Å². The number of carbonyl (C=O) groups is 1. The van der Waals surface area contributed by atoms with E-state index >= 15 is 0 Å². The molecule has 0 saturated heterocycles. The number of nitrogens with one attached hydrogen (secondary N) is 1. The highest BCUT2D eigenvalue weighted by Gasteiger charge is 2.09. The van der Waals surface area contributed by atoms with Crippen LogP contribution in [0, 0.1) is 12.7 Å². The van der Waals surface area contributed by atoms with Crippen LogP contribution in [0.3, 0.4) is 0 Å². The minimum atomic E-state index is -0.468. The monoisotopic (exact) mass is 263 g/mol. The molecule has 0 radical (unpaired) electrons. The van der Waals surface area contributed by atoms with Crippen LogP contribution in [0.4, 0.5) is 10.1 Å². The van der Waals surface area contributed by atoms with Crippen LogP contribution in [0.25, 0.3) is 0 Å². The van der Waals surface area contributed by atoms with Gasteiger partial charge in [0.1, 0.15) is 5.82 Å². The summed E-state index contributed by atoms with van der Waals surface area (Å²) in [5.41, 5.74) is 1.44. The van der Waals surface area contributed by atoms with Crippen molar-refractivity contribution >= 4 is 23.2 Å². The fourth-order valence-corrected chi connectivity index (χ4v) is 1.67. The quantitative estimate of drug-likeness (QED) is 0.870. The van der Waals surface area contributed by atoms with Gasteiger partial charge in [-0.3, -0.25) is 4.79 Å². The summed E-state index contributed by atoms with van der Waals surface area (Å²) in [5.74, 6) is -0.856. The molecule has 0 aliphatic rings. The molecule has 2 aromatic rings. The maximum Gasteiger partial charge on any atom is 0.255 e.